The van der Waals surface area contributed by atoms with Crippen LogP contribution in [0.3, 0.4) is 0 Å². The van der Waals surface area contributed by atoms with E-state index in [-0.39, 0.29) is 17.6 Å². The largest absolute Gasteiger partial charge is 0.459 e. The Morgan fingerprint density at radius 3 is 2.41 bits per heavy atom. The molecule has 0 aliphatic rings. The lowest BCUT2D eigenvalue weighted by Crippen LogP contribution is -2.19. The smallest absolute Gasteiger partial charge is 0.291 e. The second-order valence-corrected chi connectivity index (χ2v) is 6.02. The van der Waals surface area contributed by atoms with Gasteiger partial charge in [0.15, 0.2) is 5.76 Å². The number of hydrogen-bond donors (Lipinski definition) is 2. The fraction of sp³-hybridized carbons (Fsp3) is 0.0952. The molecule has 1 aromatic heterocycles. The van der Waals surface area contributed by atoms with Gasteiger partial charge in [0, 0.05) is 11.3 Å². The summed E-state index contributed by atoms with van der Waals surface area (Å²) >= 11 is 0. The van der Waals surface area contributed by atoms with Crippen LogP contribution in [0.4, 0.5) is 5.69 Å². The first-order valence-corrected chi connectivity index (χ1v) is 8.39. The quantitative estimate of drug-likeness (QED) is 0.532. The number of benzene rings is 2. The van der Waals surface area contributed by atoms with Crippen LogP contribution in [-0.4, -0.2) is 17.5 Å². The first kappa shape index (κ1) is 18.1. The summed E-state index contributed by atoms with van der Waals surface area (Å²) in [6.07, 6.45) is 1.44. The van der Waals surface area contributed by atoms with E-state index < -0.39 is 0 Å². The molecule has 2 aromatic carbocycles. The van der Waals surface area contributed by atoms with Crippen molar-refractivity contribution in [1.82, 2.24) is 5.43 Å². The minimum absolute atomic E-state index is 0.233. The van der Waals surface area contributed by atoms with Gasteiger partial charge in [-0.25, -0.2) is 5.43 Å². The van der Waals surface area contributed by atoms with E-state index >= 15 is 0 Å². The van der Waals surface area contributed by atoms with Crippen LogP contribution in [0.25, 0.3) is 0 Å². The van der Waals surface area contributed by atoms with Crippen LogP contribution in [-0.2, 0) is 0 Å². The number of rotatable bonds is 5. The van der Waals surface area contributed by atoms with Gasteiger partial charge in [-0.2, -0.15) is 5.10 Å². The summed E-state index contributed by atoms with van der Waals surface area (Å²) in [6, 6.07) is 17.7. The van der Waals surface area contributed by atoms with Crippen molar-refractivity contribution in [2.24, 2.45) is 5.10 Å². The van der Waals surface area contributed by atoms with Crippen LogP contribution < -0.4 is 10.7 Å². The monoisotopic (exact) mass is 361 g/mol. The van der Waals surface area contributed by atoms with E-state index in [1.165, 1.54) is 6.26 Å². The van der Waals surface area contributed by atoms with E-state index in [0.29, 0.717) is 17.0 Å². The zero-order chi connectivity index (χ0) is 19.2. The van der Waals surface area contributed by atoms with Crippen molar-refractivity contribution in [1.29, 1.82) is 0 Å². The molecule has 0 spiro atoms. The molecule has 0 unspecified atom stereocenters. The maximum atomic E-state index is 12.1. The molecule has 3 rings (SSSR count). The topological polar surface area (TPSA) is 83.7 Å². The molecule has 0 aliphatic carbocycles. The highest BCUT2D eigenvalue weighted by Crippen LogP contribution is 2.13. The number of hydrazone groups is 1. The van der Waals surface area contributed by atoms with Crippen molar-refractivity contribution in [2.75, 3.05) is 5.32 Å². The highest BCUT2D eigenvalue weighted by Gasteiger charge is 2.09. The Labute approximate surface area is 156 Å². The number of furan rings is 1. The van der Waals surface area contributed by atoms with E-state index in [4.69, 9.17) is 4.42 Å². The molecule has 0 bridgehead atoms. The Hall–Kier alpha value is -3.67. The standard InChI is InChI=1S/C21H19N3O3/c1-14-8-10-16(11-9-14)20(25)24-23-15(2)17-5-3-6-18(13-17)22-21(26)19-7-4-12-27-19/h3-13H,1-2H3,(H,22,26)(H,24,25)/b23-15+. The summed E-state index contributed by atoms with van der Waals surface area (Å²) in [5.41, 5.74) is 6.16. The zero-order valence-corrected chi connectivity index (χ0v) is 15.0. The molecule has 0 radical (unpaired) electrons. The third-order valence-corrected chi connectivity index (χ3v) is 3.92. The second-order valence-electron chi connectivity index (χ2n) is 6.02. The molecule has 2 N–H and O–H groups in total. The molecular weight excluding hydrogens is 342 g/mol. The Kier molecular flexibility index (Phi) is 5.47. The maximum absolute atomic E-state index is 12.1. The average molecular weight is 361 g/mol. The first-order chi connectivity index (χ1) is 13.0. The minimum atomic E-state index is -0.334. The third-order valence-electron chi connectivity index (χ3n) is 3.92. The molecule has 6 heteroatoms. The number of anilines is 1. The van der Waals surface area contributed by atoms with Gasteiger partial charge < -0.3 is 9.73 Å². The van der Waals surface area contributed by atoms with Gasteiger partial charge >= 0.3 is 0 Å². The Bertz CT molecular complexity index is 974. The summed E-state index contributed by atoms with van der Waals surface area (Å²) in [5, 5.41) is 6.91. The molecule has 0 saturated carbocycles. The summed E-state index contributed by atoms with van der Waals surface area (Å²) < 4.78 is 5.08. The van der Waals surface area contributed by atoms with E-state index in [0.717, 1.165) is 11.1 Å². The van der Waals surface area contributed by atoms with Gasteiger partial charge in [-0.15, -0.1) is 0 Å². The number of carbonyl (C=O) groups excluding carboxylic acids is 2. The van der Waals surface area contributed by atoms with Crippen molar-refractivity contribution in [3.63, 3.8) is 0 Å². The number of carbonyl (C=O) groups is 2. The van der Waals surface area contributed by atoms with Crippen LogP contribution in [0, 0.1) is 6.92 Å². The molecule has 0 aliphatic heterocycles. The van der Waals surface area contributed by atoms with Gasteiger partial charge in [-0.05, 0) is 55.8 Å². The molecule has 136 valence electrons. The van der Waals surface area contributed by atoms with Gasteiger partial charge in [0.05, 0.1) is 12.0 Å². The number of aryl methyl sites for hydroxylation is 1. The normalized spacial score (nSPS) is 11.1. The number of hydrogen-bond acceptors (Lipinski definition) is 4. The summed E-state index contributed by atoms with van der Waals surface area (Å²) in [5.74, 6) is -0.382. The summed E-state index contributed by atoms with van der Waals surface area (Å²) in [7, 11) is 0. The average Bonchev–Trinajstić information content (AvgIpc) is 3.21. The lowest BCUT2D eigenvalue weighted by atomic mass is 10.1. The summed E-state index contributed by atoms with van der Waals surface area (Å²) in [6.45, 7) is 3.74. The highest BCUT2D eigenvalue weighted by molar-refractivity contribution is 6.04. The van der Waals surface area contributed by atoms with Gasteiger partial charge in [-0.3, -0.25) is 9.59 Å². The zero-order valence-electron chi connectivity index (χ0n) is 15.0. The van der Waals surface area contributed by atoms with E-state index in [1.807, 2.05) is 25.1 Å². The van der Waals surface area contributed by atoms with E-state index in [1.54, 1.807) is 49.4 Å². The lowest BCUT2D eigenvalue weighted by molar-refractivity contribution is 0.0953. The van der Waals surface area contributed by atoms with Crippen molar-refractivity contribution >= 4 is 23.2 Å². The predicted octanol–water partition coefficient (Wildman–Crippen LogP) is 3.99. The van der Waals surface area contributed by atoms with Crippen LogP contribution in [0.2, 0.25) is 0 Å². The highest BCUT2D eigenvalue weighted by atomic mass is 16.3. The summed E-state index contributed by atoms with van der Waals surface area (Å²) in [4.78, 5) is 24.2. The molecular formula is C21H19N3O3. The molecule has 0 atom stereocenters. The van der Waals surface area contributed by atoms with E-state index in [2.05, 4.69) is 15.8 Å². The van der Waals surface area contributed by atoms with Gasteiger partial charge in [0.2, 0.25) is 0 Å². The molecule has 2 amide bonds. The lowest BCUT2D eigenvalue weighted by Gasteiger charge is -2.07. The molecule has 0 saturated heterocycles. The fourth-order valence-corrected chi connectivity index (χ4v) is 2.39. The second kappa shape index (κ2) is 8.14. The Morgan fingerprint density at radius 1 is 0.926 bits per heavy atom. The van der Waals surface area contributed by atoms with Crippen molar-refractivity contribution in [3.05, 3.63) is 89.4 Å². The Balaban J connectivity index is 1.68. The number of nitrogens with zero attached hydrogens (tertiary/aromatic N) is 1. The fourth-order valence-electron chi connectivity index (χ4n) is 2.39. The van der Waals surface area contributed by atoms with Gasteiger partial charge in [-0.1, -0.05) is 29.8 Å². The Morgan fingerprint density at radius 2 is 1.70 bits per heavy atom. The van der Waals surface area contributed by atoms with Crippen LogP contribution in [0.15, 0.2) is 76.4 Å². The minimum Gasteiger partial charge on any atom is -0.459 e. The van der Waals surface area contributed by atoms with Crippen molar-refractivity contribution in [2.45, 2.75) is 13.8 Å². The molecule has 6 nitrogen and oxygen atoms in total. The SMILES string of the molecule is C/C(=N\NC(=O)c1ccc(C)cc1)c1cccc(NC(=O)c2ccco2)c1. The van der Waals surface area contributed by atoms with Crippen molar-refractivity contribution in [3.8, 4) is 0 Å². The maximum Gasteiger partial charge on any atom is 0.291 e. The van der Waals surface area contributed by atoms with Gasteiger partial charge in [0.1, 0.15) is 0 Å². The van der Waals surface area contributed by atoms with Crippen LogP contribution in [0.1, 0.15) is 39.0 Å². The predicted molar refractivity (Wildman–Crippen MR) is 104 cm³/mol. The van der Waals surface area contributed by atoms with Gasteiger partial charge in [0.25, 0.3) is 11.8 Å². The molecule has 27 heavy (non-hydrogen) atoms. The van der Waals surface area contributed by atoms with Crippen LogP contribution in [0.5, 0.6) is 0 Å². The van der Waals surface area contributed by atoms with E-state index in [9.17, 15) is 9.59 Å². The van der Waals surface area contributed by atoms with Crippen LogP contribution >= 0.6 is 0 Å². The third kappa shape index (κ3) is 4.70. The molecule has 3 aromatic rings. The van der Waals surface area contributed by atoms with Crippen molar-refractivity contribution < 1.29 is 14.0 Å². The number of nitrogens with one attached hydrogen (secondary N) is 2. The number of amides is 2. The molecule has 1 heterocycles. The molecule has 0 fully saturated rings. The first-order valence-electron chi connectivity index (χ1n) is 8.39.